The van der Waals surface area contributed by atoms with Crippen LogP contribution in [0.5, 0.6) is 0 Å². The first kappa shape index (κ1) is 23.7. The van der Waals surface area contributed by atoms with Gasteiger partial charge in [-0.25, -0.2) is 14.8 Å². The Hall–Kier alpha value is -4.04. The quantitative estimate of drug-likeness (QED) is 0.632. The predicted molar refractivity (Wildman–Crippen MR) is 131 cm³/mol. The Morgan fingerprint density at radius 1 is 1.19 bits per heavy atom. The van der Waals surface area contributed by atoms with Crippen molar-refractivity contribution in [1.82, 2.24) is 14.9 Å². The topological polar surface area (TPSA) is 132 Å². The van der Waals surface area contributed by atoms with E-state index in [-0.39, 0.29) is 24.8 Å². The van der Waals surface area contributed by atoms with E-state index in [4.69, 9.17) is 4.74 Å². The van der Waals surface area contributed by atoms with Gasteiger partial charge in [0, 0.05) is 50.6 Å². The van der Waals surface area contributed by atoms with Gasteiger partial charge in [0.2, 0.25) is 5.91 Å². The van der Waals surface area contributed by atoms with Crippen molar-refractivity contribution in [1.29, 1.82) is 5.26 Å². The molecule has 0 bridgehead atoms. The number of fused-ring (bicyclic) bond motifs is 1. The highest BCUT2D eigenvalue weighted by molar-refractivity contribution is 6.02. The van der Waals surface area contributed by atoms with Gasteiger partial charge in [0.05, 0.1) is 17.9 Å². The molecular weight excluding hydrogens is 462 g/mol. The third-order valence-electron chi connectivity index (χ3n) is 6.76. The third kappa shape index (κ3) is 4.72. The van der Waals surface area contributed by atoms with Gasteiger partial charge in [-0.2, -0.15) is 5.26 Å². The van der Waals surface area contributed by atoms with Crippen LogP contribution in [0, 0.1) is 11.3 Å². The largest absolute Gasteiger partial charge is 0.370 e. The lowest BCUT2D eigenvalue weighted by molar-refractivity contribution is -0.143. The van der Waals surface area contributed by atoms with E-state index < -0.39 is 6.03 Å². The van der Waals surface area contributed by atoms with Gasteiger partial charge in [0.25, 0.3) is 0 Å². The maximum atomic E-state index is 13.3. The van der Waals surface area contributed by atoms with E-state index in [2.05, 4.69) is 26.3 Å². The summed E-state index contributed by atoms with van der Waals surface area (Å²) in [6.45, 7) is 3.39. The number of morpholine rings is 1. The monoisotopic (exact) mass is 489 g/mol. The van der Waals surface area contributed by atoms with Gasteiger partial charge in [-0.05, 0) is 37.3 Å². The average molecular weight is 490 g/mol. The fourth-order valence-corrected chi connectivity index (χ4v) is 4.90. The lowest BCUT2D eigenvalue weighted by atomic mass is 10.0. The number of aromatic nitrogens is 2. The van der Waals surface area contributed by atoms with E-state index in [1.807, 2.05) is 6.07 Å². The Kier molecular flexibility index (Phi) is 6.77. The highest BCUT2D eigenvalue weighted by Gasteiger charge is 2.28. The van der Waals surface area contributed by atoms with E-state index in [9.17, 15) is 19.6 Å². The normalized spacial score (nSPS) is 17.5. The molecular formula is C25H27N7O4. The molecule has 11 heteroatoms. The van der Waals surface area contributed by atoms with Gasteiger partial charge in [-0.15, -0.1) is 0 Å². The molecule has 3 amide bonds. The SMILES string of the molecule is N#Cc1cnc(NC(=O)N2CCCc3cc(CN4CCOCC4=O)c(C=O)nc32)cc1N1CCCC1. The molecule has 36 heavy (non-hydrogen) atoms. The molecule has 2 fully saturated rings. The molecule has 1 N–H and O–H groups in total. The first-order chi connectivity index (χ1) is 17.6. The van der Waals surface area contributed by atoms with Gasteiger partial charge in [0.15, 0.2) is 6.29 Å². The van der Waals surface area contributed by atoms with Crippen LogP contribution in [-0.4, -0.2) is 72.5 Å². The van der Waals surface area contributed by atoms with Gasteiger partial charge >= 0.3 is 6.03 Å². The van der Waals surface area contributed by atoms with Gasteiger partial charge in [-0.1, -0.05) is 0 Å². The number of urea groups is 1. The molecule has 0 atom stereocenters. The fraction of sp³-hybridized carbons (Fsp3) is 0.440. The highest BCUT2D eigenvalue weighted by atomic mass is 16.5. The first-order valence-electron chi connectivity index (χ1n) is 12.1. The van der Waals surface area contributed by atoms with E-state index >= 15 is 0 Å². The first-order valence-corrected chi connectivity index (χ1v) is 12.1. The number of nitrogens with one attached hydrogen (secondary N) is 1. The summed E-state index contributed by atoms with van der Waals surface area (Å²) in [7, 11) is 0. The highest BCUT2D eigenvalue weighted by Crippen LogP contribution is 2.30. The van der Waals surface area contributed by atoms with Crippen molar-refractivity contribution < 1.29 is 19.1 Å². The molecule has 0 saturated carbocycles. The van der Waals surface area contributed by atoms with E-state index in [1.165, 1.54) is 11.1 Å². The number of aldehydes is 1. The van der Waals surface area contributed by atoms with Crippen LogP contribution in [0.2, 0.25) is 0 Å². The second-order valence-electron chi connectivity index (χ2n) is 9.08. The molecule has 3 aliphatic rings. The van der Waals surface area contributed by atoms with Crippen molar-refractivity contribution in [2.75, 3.05) is 54.5 Å². The van der Waals surface area contributed by atoms with E-state index in [0.717, 1.165) is 43.6 Å². The number of anilines is 3. The number of rotatable bonds is 5. The van der Waals surface area contributed by atoms with Crippen LogP contribution < -0.4 is 15.1 Å². The number of ether oxygens (including phenoxy) is 1. The lowest BCUT2D eigenvalue weighted by Gasteiger charge is -2.31. The maximum absolute atomic E-state index is 13.3. The number of carbonyl (C=O) groups is 3. The van der Waals surface area contributed by atoms with Crippen molar-refractivity contribution in [3.05, 3.63) is 40.7 Å². The summed E-state index contributed by atoms with van der Waals surface area (Å²) in [5, 5.41) is 12.3. The van der Waals surface area contributed by atoms with Gasteiger partial charge < -0.3 is 14.5 Å². The number of carbonyl (C=O) groups excluding carboxylic acids is 3. The Bertz CT molecular complexity index is 1240. The molecule has 0 aliphatic carbocycles. The number of pyridine rings is 2. The molecule has 0 radical (unpaired) electrons. The van der Waals surface area contributed by atoms with Crippen LogP contribution in [0.25, 0.3) is 0 Å². The summed E-state index contributed by atoms with van der Waals surface area (Å²) in [6, 6.07) is 5.39. The van der Waals surface area contributed by atoms with Crippen LogP contribution in [0.4, 0.5) is 22.1 Å². The summed E-state index contributed by atoms with van der Waals surface area (Å²) in [6.07, 6.45) is 5.71. The van der Waals surface area contributed by atoms with Crippen LogP contribution in [-0.2, 0) is 22.5 Å². The van der Waals surface area contributed by atoms with Crippen LogP contribution in [0.1, 0.15) is 46.4 Å². The Balaban J connectivity index is 1.38. The second-order valence-corrected chi connectivity index (χ2v) is 9.08. The number of amides is 3. The molecule has 5 heterocycles. The molecule has 2 aromatic rings. The zero-order valence-electron chi connectivity index (χ0n) is 19.9. The van der Waals surface area contributed by atoms with Crippen molar-refractivity contribution in [3.63, 3.8) is 0 Å². The molecule has 186 valence electrons. The van der Waals surface area contributed by atoms with Crippen molar-refractivity contribution >= 4 is 35.5 Å². The molecule has 0 spiro atoms. The van der Waals surface area contributed by atoms with Crippen molar-refractivity contribution in [2.45, 2.75) is 32.2 Å². The van der Waals surface area contributed by atoms with Gasteiger partial charge in [-0.3, -0.25) is 19.8 Å². The Morgan fingerprint density at radius 3 is 2.78 bits per heavy atom. The van der Waals surface area contributed by atoms with Crippen molar-refractivity contribution in [2.24, 2.45) is 0 Å². The molecule has 11 nitrogen and oxygen atoms in total. The van der Waals surface area contributed by atoms with Crippen molar-refractivity contribution in [3.8, 4) is 6.07 Å². The third-order valence-corrected chi connectivity index (χ3v) is 6.76. The van der Waals surface area contributed by atoms with Crippen LogP contribution in [0.15, 0.2) is 18.3 Å². The smallest absolute Gasteiger partial charge is 0.328 e. The molecule has 2 aromatic heterocycles. The molecule has 0 aromatic carbocycles. The minimum absolute atomic E-state index is 0.0333. The molecule has 0 unspecified atom stereocenters. The van der Waals surface area contributed by atoms with Crippen LogP contribution >= 0.6 is 0 Å². The summed E-state index contributed by atoms with van der Waals surface area (Å²) < 4.78 is 5.18. The molecule has 3 aliphatic heterocycles. The Morgan fingerprint density at radius 2 is 2.03 bits per heavy atom. The summed E-state index contributed by atoms with van der Waals surface area (Å²) in [5.41, 5.74) is 2.96. The summed E-state index contributed by atoms with van der Waals surface area (Å²) in [4.78, 5) is 51.4. The minimum atomic E-state index is -0.402. The maximum Gasteiger partial charge on any atom is 0.328 e. The zero-order chi connectivity index (χ0) is 25.1. The minimum Gasteiger partial charge on any atom is -0.370 e. The number of hydrogen-bond acceptors (Lipinski definition) is 8. The zero-order valence-corrected chi connectivity index (χ0v) is 19.9. The van der Waals surface area contributed by atoms with E-state index in [0.29, 0.717) is 55.2 Å². The number of nitrogens with zero attached hydrogens (tertiary/aromatic N) is 6. The standard InChI is InChI=1S/C25H27N7O4/c26-12-19-13-27-22(11-21(19)30-5-1-2-6-30)29-25(35)32-7-3-4-17-10-18(20(15-33)28-24(17)32)14-31-8-9-36-16-23(31)34/h10-11,13,15H,1-9,14,16H2,(H,27,29,35). The summed E-state index contributed by atoms with van der Waals surface area (Å²) >= 11 is 0. The summed E-state index contributed by atoms with van der Waals surface area (Å²) in [5.74, 6) is 0.664. The second kappa shape index (κ2) is 10.3. The Labute approximate surface area is 208 Å². The van der Waals surface area contributed by atoms with Gasteiger partial charge in [0.1, 0.15) is 30.0 Å². The predicted octanol–water partition coefficient (Wildman–Crippen LogP) is 2.10. The molecule has 5 rings (SSSR count). The lowest BCUT2D eigenvalue weighted by Crippen LogP contribution is -2.42. The molecule has 2 saturated heterocycles. The average Bonchev–Trinajstić information content (AvgIpc) is 3.44. The van der Waals surface area contributed by atoms with Crippen LogP contribution in [0.3, 0.4) is 0 Å². The fourth-order valence-electron chi connectivity index (χ4n) is 4.90. The number of nitriles is 1. The number of hydrogen-bond donors (Lipinski definition) is 1. The van der Waals surface area contributed by atoms with E-state index in [1.54, 1.807) is 11.0 Å². The number of aryl methyl sites for hydroxylation is 1.